The predicted octanol–water partition coefficient (Wildman–Crippen LogP) is 4.00. The van der Waals surface area contributed by atoms with E-state index >= 15 is 0 Å². The first-order valence-corrected chi connectivity index (χ1v) is 13.7. The number of carboxylic acid groups (broad SMARTS) is 2. The summed E-state index contributed by atoms with van der Waals surface area (Å²) >= 11 is 1.53. The maximum Gasteiger partial charge on any atom is 0.328 e. The number of likely N-dealkylation sites (tertiary alicyclic amines) is 1. The molecule has 0 unspecified atom stereocenters. The highest BCUT2D eigenvalue weighted by atomic mass is 32.1. The third-order valence-electron chi connectivity index (χ3n) is 6.84. The quantitative estimate of drug-likeness (QED) is 0.458. The van der Waals surface area contributed by atoms with E-state index in [2.05, 4.69) is 16.9 Å². The second kappa shape index (κ2) is 13.4. The van der Waals surface area contributed by atoms with Crippen LogP contribution in [0.15, 0.2) is 18.2 Å². The molecule has 3 N–H and O–H groups in total. The summed E-state index contributed by atoms with van der Waals surface area (Å²) in [4.78, 5) is 47.9. The SMILES string of the molecule is Cc1nn(C2CCCCC2)c2sc(C(=O)NCCC(=O)N3CCC(C)CC3)cc12.O=C(O)C=CC(=O)O. The zero-order valence-electron chi connectivity index (χ0n) is 21.4. The molecule has 2 aromatic rings. The maximum absolute atomic E-state index is 12.7. The Balaban J connectivity index is 0.000000414. The summed E-state index contributed by atoms with van der Waals surface area (Å²) in [5, 5.41) is 24.4. The Morgan fingerprint density at radius 1 is 1.05 bits per heavy atom. The van der Waals surface area contributed by atoms with Crippen molar-refractivity contribution < 1.29 is 29.4 Å². The molecule has 11 heteroatoms. The second-order valence-electron chi connectivity index (χ2n) is 9.73. The summed E-state index contributed by atoms with van der Waals surface area (Å²) in [6.45, 7) is 6.35. The molecule has 1 aliphatic carbocycles. The van der Waals surface area contributed by atoms with E-state index in [1.807, 2.05) is 17.9 Å². The highest BCUT2D eigenvalue weighted by molar-refractivity contribution is 7.20. The minimum atomic E-state index is -1.26. The smallest absolute Gasteiger partial charge is 0.328 e. The van der Waals surface area contributed by atoms with Crippen LogP contribution in [-0.4, -0.2) is 68.3 Å². The summed E-state index contributed by atoms with van der Waals surface area (Å²) < 4.78 is 2.16. The number of nitrogens with one attached hydrogen (secondary N) is 1. The summed E-state index contributed by atoms with van der Waals surface area (Å²) in [6, 6.07) is 2.42. The molecular weight excluding hydrogens is 496 g/mol. The van der Waals surface area contributed by atoms with Crippen molar-refractivity contribution in [3.05, 3.63) is 28.8 Å². The van der Waals surface area contributed by atoms with Crippen LogP contribution in [0.3, 0.4) is 0 Å². The van der Waals surface area contributed by atoms with E-state index in [-0.39, 0.29) is 11.8 Å². The summed E-state index contributed by atoms with van der Waals surface area (Å²) in [7, 11) is 0. The van der Waals surface area contributed by atoms with Crippen molar-refractivity contribution in [2.24, 2.45) is 5.92 Å². The van der Waals surface area contributed by atoms with Gasteiger partial charge in [-0.1, -0.05) is 26.2 Å². The first-order chi connectivity index (χ1) is 17.7. The highest BCUT2D eigenvalue weighted by Gasteiger charge is 2.23. The van der Waals surface area contributed by atoms with Crippen LogP contribution in [-0.2, 0) is 14.4 Å². The van der Waals surface area contributed by atoms with Crippen molar-refractivity contribution in [2.45, 2.75) is 71.3 Å². The zero-order chi connectivity index (χ0) is 26.9. The molecule has 3 heterocycles. The van der Waals surface area contributed by atoms with Gasteiger partial charge in [-0.05, 0) is 44.6 Å². The lowest BCUT2D eigenvalue weighted by atomic mass is 9.96. The Hall–Kier alpha value is -3.21. The Morgan fingerprint density at radius 2 is 1.68 bits per heavy atom. The average molecular weight is 533 g/mol. The predicted molar refractivity (Wildman–Crippen MR) is 141 cm³/mol. The number of carbonyl (C=O) groups is 4. The van der Waals surface area contributed by atoms with Gasteiger partial charge in [-0.25, -0.2) is 9.59 Å². The molecule has 10 nitrogen and oxygen atoms in total. The van der Waals surface area contributed by atoms with Crippen LogP contribution in [0.4, 0.5) is 0 Å². The number of fused-ring (bicyclic) bond motifs is 1. The lowest BCUT2D eigenvalue weighted by Crippen LogP contribution is -2.39. The third kappa shape index (κ3) is 8.14. The fraction of sp³-hybridized carbons (Fsp3) is 0.577. The largest absolute Gasteiger partial charge is 0.478 e. The average Bonchev–Trinajstić information content (AvgIpc) is 3.44. The van der Waals surface area contributed by atoms with Crippen molar-refractivity contribution in [2.75, 3.05) is 19.6 Å². The number of amides is 2. The number of carbonyl (C=O) groups excluding carboxylic acids is 2. The van der Waals surface area contributed by atoms with Gasteiger partial charge in [0.25, 0.3) is 5.91 Å². The second-order valence-corrected chi connectivity index (χ2v) is 10.8. The molecule has 1 aliphatic heterocycles. The topological polar surface area (TPSA) is 142 Å². The van der Waals surface area contributed by atoms with E-state index in [1.165, 1.54) is 43.4 Å². The van der Waals surface area contributed by atoms with Crippen molar-refractivity contribution >= 4 is 45.3 Å². The number of hydrogen-bond donors (Lipinski definition) is 3. The highest BCUT2D eigenvalue weighted by Crippen LogP contribution is 2.35. The van der Waals surface area contributed by atoms with E-state index in [0.29, 0.717) is 42.0 Å². The molecular formula is C26H36N4O6S. The van der Waals surface area contributed by atoms with Crippen LogP contribution in [0.1, 0.15) is 79.7 Å². The number of carboxylic acids is 2. The molecule has 0 spiro atoms. The van der Waals surface area contributed by atoms with E-state index in [9.17, 15) is 19.2 Å². The van der Waals surface area contributed by atoms with Crippen molar-refractivity contribution in [1.29, 1.82) is 0 Å². The summed E-state index contributed by atoms with van der Waals surface area (Å²) in [6.07, 6.45) is 9.83. The zero-order valence-corrected chi connectivity index (χ0v) is 22.3. The Bertz CT molecular complexity index is 1120. The number of aromatic nitrogens is 2. The molecule has 1 saturated carbocycles. The van der Waals surface area contributed by atoms with Gasteiger partial charge in [0.15, 0.2) is 0 Å². The molecule has 0 radical (unpaired) electrons. The third-order valence-corrected chi connectivity index (χ3v) is 7.97. The number of nitrogens with zero attached hydrogens (tertiary/aromatic N) is 3. The van der Waals surface area contributed by atoms with Gasteiger partial charge in [0.1, 0.15) is 4.83 Å². The van der Waals surface area contributed by atoms with Crippen LogP contribution < -0.4 is 5.32 Å². The maximum atomic E-state index is 12.7. The molecule has 4 rings (SSSR count). The van der Waals surface area contributed by atoms with Crippen molar-refractivity contribution in [1.82, 2.24) is 20.0 Å². The van der Waals surface area contributed by atoms with Crippen molar-refractivity contribution in [3.8, 4) is 0 Å². The normalized spacial score (nSPS) is 17.0. The van der Waals surface area contributed by atoms with Gasteiger partial charge >= 0.3 is 11.9 Å². The lowest BCUT2D eigenvalue weighted by molar-refractivity contribution is -0.134. The fourth-order valence-electron chi connectivity index (χ4n) is 4.69. The Morgan fingerprint density at radius 3 is 2.27 bits per heavy atom. The fourth-order valence-corrected chi connectivity index (χ4v) is 5.84. The van der Waals surface area contributed by atoms with Gasteiger partial charge in [-0.15, -0.1) is 11.3 Å². The monoisotopic (exact) mass is 532 g/mol. The first-order valence-electron chi connectivity index (χ1n) is 12.8. The lowest BCUT2D eigenvalue weighted by Gasteiger charge is -2.30. The van der Waals surface area contributed by atoms with Crippen LogP contribution in [0.5, 0.6) is 0 Å². The number of thiophene rings is 1. The van der Waals surface area contributed by atoms with Gasteiger partial charge in [-0.3, -0.25) is 14.3 Å². The molecule has 2 aliphatic rings. The standard InChI is InChI=1S/C22H32N4O2S.C4H4O4/c1-15-9-12-25(13-10-15)20(27)8-11-23-21(28)19-14-18-16(2)24-26(22(18)29-19)17-6-4-3-5-7-17;5-3(6)1-2-4(7)8/h14-15,17H,3-13H2,1-2H3,(H,23,28);1-2H,(H,5,6)(H,7,8). The number of hydrogen-bond acceptors (Lipinski definition) is 6. The van der Waals surface area contributed by atoms with Crippen LogP contribution in [0.25, 0.3) is 10.2 Å². The van der Waals surface area contributed by atoms with E-state index in [4.69, 9.17) is 15.3 Å². The minimum absolute atomic E-state index is 0.0825. The number of rotatable bonds is 7. The first kappa shape index (κ1) is 28.4. The number of aliphatic carboxylic acids is 2. The molecule has 2 fully saturated rings. The summed E-state index contributed by atoms with van der Waals surface area (Å²) in [5.41, 5.74) is 0.996. The molecule has 0 aromatic carbocycles. The molecule has 1 saturated heterocycles. The summed E-state index contributed by atoms with van der Waals surface area (Å²) in [5.74, 6) is -1.74. The van der Waals surface area contributed by atoms with Gasteiger partial charge in [-0.2, -0.15) is 5.10 Å². The van der Waals surface area contributed by atoms with Gasteiger partial charge in [0.05, 0.1) is 16.6 Å². The van der Waals surface area contributed by atoms with Crippen LogP contribution in [0, 0.1) is 12.8 Å². The van der Waals surface area contributed by atoms with E-state index in [0.717, 1.165) is 41.8 Å². The molecule has 202 valence electrons. The van der Waals surface area contributed by atoms with Gasteiger partial charge in [0, 0.05) is 43.6 Å². The molecule has 0 bridgehead atoms. The van der Waals surface area contributed by atoms with E-state index < -0.39 is 11.9 Å². The molecule has 0 atom stereocenters. The van der Waals surface area contributed by atoms with Crippen LogP contribution in [0.2, 0.25) is 0 Å². The Kier molecular flexibility index (Phi) is 10.2. The molecule has 2 aromatic heterocycles. The Labute approximate surface area is 220 Å². The van der Waals surface area contributed by atoms with E-state index in [1.54, 1.807) is 0 Å². The molecule has 37 heavy (non-hydrogen) atoms. The number of piperidine rings is 1. The van der Waals surface area contributed by atoms with Gasteiger partial charge < -0.3 is 20.4 Å². The van der Waals surface area contributed by atoms with Crippen molar-refractivity contribution in [3.63, 3.8) is 0 Å². The van der Waals surface area contributed by atoms with Gasteiger partial charge in [0.2, 0.25) is 5.91 Å². The number of aryl methyl sites for hydroxylation is 1. The minimum Gasteiger partial charge on any atom is -0.478 e. The molecule has 2 amide bonds. The van der Waals surface area contributed by atoms with Crippen LogP contribution >= 0.6 is 11.3 Å².